The van der Waals surface area contributed by atoms with Gasteiger partial charge in [-0.25, -0.2) is 4.79 Å². The van der Waals surface area contributed by atoms with Crippen LogP contribution in [0.15, 0.2) is 21.9 Å². The third kappa shape index (κ3) is 1.95. The van der Waals surface area contributed by atoms with E-state index in [1.54, 1.807) is 7.05 Å². The first-order valence-electron chi connectivity index (χ1n) is 2.46. The van der Waals surface area contributed by atoms with Gasteiger partial charge in [0.15, 0.2) is 0 Å². The van der Waals surface area contributed by atoms with Gasteiger partial charge in [-0.1, -0.05) is 0 Å². The van der Waals surface area contributed by atoms with Crippen LogP contribution in [0.4, 0.5) is 0 Å². The minimum atomic E-state index is -0.387. The molecule has 0 unspecified atom stereocenters. The second-order valence-electron chi connectivity index (χ2n) is 1.72. The van der Waals surface area contributed by atoms with Crippen molar-refractivity contribution in [1.29, 1.82) is 0 Å². The van der Waals surface area contributed by atoms with Crippen LogP contribution < -0.4 is 11.2 Å². The van der Waals surface area contributed by atoms with Crippen LogP contribution in [-0.2, 0) is 28.1 Å². The van der Waals surface area contributed by atoms with Gasteiger partial charge in [-0.3, -0.25) is 9.78 Å². The molecule has 0 saturated carbocycles. The maximum atomic E-state index is 10.5. The fourth-order valence-electron chi connectivity index (χ4n) is 0.482. The average Bonchev–Trinajstić information content (AvgIpc) is 1.80. The maximum absolute atomic E-state index is 10.5. The summed E-state index contributed by atoms with van der Waals surface area (Å²) in [5, 5.41) is 0. The Bertz CT molecular complexity index is 314. The zero-order valence-corrected chi connectivity index (χ0v) is 7.51. The number of nitrogens with zero attached hydrogens (tertiary/aromatic N) is 1. The van der Waals surface area contributed by atoms with Gasteiger partial charge in [0.2, 0.25) is 0 Å². The third-order valence-electron chi connectivity index (χ3n) is 1.000. The van der Waals surface area contributed by atoms with Crippen molar-refractivity contribution >= 4 is 0 Å². The number of aromatic amines is 1. The summed E-state index contributed by atoms with van der Waals surface area (Å²) in [5.74, 6) is 0. The smallest absolute Gasteiger partial charge is 0.304 e. The number of hydrogen-bond acceptors (Lipinski definition) is 2. The van der Waals surface area contributed by atoms with Gasteiger partial charge in [-0.05, 0) is 0 Å². The van der Waals surface area contributed by atoms with Crippen LogP contribution in [-0.4, -0.2) is 9.55 Å². The Balaban J connectivity index is 0.000000810. The van der Waals surface area contributed by atoms with Gasteiger partial charge >= 0.3 is 5.69 Å². The summed E-state index contributed by atoms with van der Waals surface area (Å²) >= 11 is 0. The molecule has 0 radical (unpaired) electrons. The number of nitrogens with one attached hydrogen (secondary N) is 1. The molecule has 0 aliphatic rings. The normalized spacial score (nSPS) is 8.50. The molecule has 0 saturated heterocycles. The quantitative estimate of drug-likeness (QED) is 0.671. The van der Waals surface area contributed by atoms with Crippen LogP contribution in [0.2, 0.25) is 0 Å². The molecule has 0 fully saturated rings. The first-order chi connectivity index (χ1) is 4.20. The van der Waals surface area contributed by atoms with Crippen molar-refractivity contribution in [3.05, 3.63) is 33.1 Å². The van der Waals surface area contributed by atoms with E-state index in [0.717, 1.165) is 0 Å². The predicted octanol–water partition coefficient (Wildman–Crippen LogP) is -0.929. The molecule has 1 heterocycles. The van der Waals surface area contributed by atoms with Crippen LogP contribution in [0.1, 0.15) is 0 Å². The summed E-state index contributed by atoms with van der Waals surface area (Å²) in [5.41, 5.74) is -0.749. The molecule has 4 nitrogen and oxygen atoms in total. The van der Waals surface area contributed by atoms with Crippen molar-refractivity contribution in [3.63, 3.8) is 0 Å². The van der Waals surface area contributed by atoms with Gasteiger partial charge in [0.1, 0.15) is 0 Å². The largest absolute Gasteiger partial charge is 0.328 e. The Labute approximate surface area is 71.2 Å². The zero-order valence-electron chi connectivity index (χ0n) is 5.23. The molecule has 1 aromatic rings. The average molecular weight is 321 g/mol. The van der Waals surface area contributed by atoms with E-state index >= 15 is 0 Å². The second-order valence-corrected chi connectivity index (χ2v) is 1.72. The van der Waals surface area contributed by atoms with Crippen molar-refractivity contribution in [2.24, 2.45) is 7.05 Å². The molecular weight excluding hydrogens is 315 g/mol. The molecular formula is C5H6N2O2Pt. The minimum Gasteiger partial charge on any atom is -0.304 e. The molecule has 1 rings (SSSR count). The van der Waals surface area contributed by atoms with E-state index in [2.05, 4.69) is 4.98 Å². The van der Waals surface area contributed by atoms with E-state index in [1.807, 2.05) is 0 Å². The summed E-state index contributed by atoms with van der Waals surface area (Å²) in [6.45, 7) is 0. The Morgan fingerprint density at radius 2 is 2.10 bits per heavy atom. The van der Waals surface area contributed by atoms with Gasteiger partial charge in [0.25, 0.3) is 5.56 Å². The topological polar surface area (TPSA) is 54.9 Å². The molecule has 0 aliphatic heterocycles. The van der Waals surface area contributed by atoms with E-state index in [1.165, 1.54) is 16.8 Å². The van der Waals surface area contributed by atoms with Gasteiger partial charge < -0.3 is 4.57 Å². The van der Waals surface area contributed by atoms with Crippen LogP contribution >= 0.6 is 0 Å². The SMILES string of the molecule is Cn1ccc(=O)[nH]c1=O.[Pt]. The fraction of sp³-hybridized carbons (Fsp3) is 0.200. The van der Waals surface area contributed by atoms with Crippen LogP contribution in [0.25, 0.3) is 0 Å². The molecule has 1 aromatic heterocycles. The van der Waals surface area contributed by atoms with Gasteiger partial charge in [-0.15, -0.1) is 0 Å². The van der Waals surface area contributed by atoms with E-state index in [-0.39, 0.29) is 32.3 Å². The van der Waals surface area contributed by atoms with Crippen LogP contribution in [0.5, 0.6) is 0 Å². The minimum absolute atomic E-state index is 0. The summed E-state index contributed by atoms with van der Waals surface area (Å²) < 4.78 is 1.29. The Hall–Kier alpha value is -0.632. The number of H-pyrrole nitrogens is 1. The molecule has 0 atom stereocenters. The van der Waals surface area contributed by atoms with Crippen LogP contribution in [0, 0.1) is 0 Å². The van der Waals surface area contributed by atoms with E-state index in [4.69, 9.17) is 0 Å². The molecule has 0 spiro atoms. The van der Waals surface area contributed by atoms with Crippen molar-refractivity contribution in [2.75, 3.05) is 0 Å². The van der Waals surface area contributed by atoms with Crippen molar-refractivity contribution < 1.29 is 21.1 Å². The van der Waals surface area contributed by atoms with Crippen LogP contribution in [0.3, 0.4) is 0 Å². The number of rotatable bonds is 0. The molecule has 1 N–H and O–H groups in total. The number of hydrogen-bond donors (Lipinski definition) is 1. The summed E-state index contributed by atoms with van der Waals surface area (Å²) in [4.78, 5) is 23.0. The number of aryl methyl sites for hydroxylation is 1. The molecule has 58 valence electrons. The van der Waals surface area contributed by atoms with Crippen molar-refractivity contribution in [1.82, 2.24) is 9.55 Å². The first-order valence-corrected chi connectivity index (χ1v) is 2.46. The van der Waals surface area contributed by atoms with E-state index in [0.29, 0.717) is 0 Å². The van der Waals surface area contributed by atoms with Gasteiger partial charge in [0.05, 0.1) is 0 Å². The summed E-state index contributed by atoms with van der Waals surface area (Å²) in [7, 11) is 1.57. The van der Waals surface area contributed by atoms with Crippen molar-refractivity contribution in [2.45, 2.75) is 0 Å². The molecule has 0 aromatic carbocycles. The van der Waals surface area contributed by atoms with E-state index < -0.39 is 0 Å². The summed E-state index contributed by atoms with van der Waals surface area (Å²) in [6, 6.07) is 1.29. The first kappa shape index (κ1) is 9.37. The van der Waals surface area contributed by atoms with E-state index in [9.17, 15) is 9.59 Å². The Kier molecular flexibility index (Phi) is 3.29. The van der Waals surface area contributed by atoms with Gasteiger partial charge in [0, 0.05) is 40.4 Å². The Morgan fingerprint density at radius 1 is 1.50 bits per heavy atom. The fourth-order valence-corrected chi connectivity index (χ4v) is 0.482. The predicted molar refractivity (Wildman–Crippen MR) is 32.3 cm³/mol. The maximum Gasteiger partial charge on any atom is 0.328 e. The van der Waals surface area contributed by atoms with Gasteiger partial charge in [-0.2, -0.15) is 0 Å². The molecule has 0 bridgehead atoms. The standard InChI is InChI=1S/C5H6N2O2.Pt/c1-7-3-2-4(8)6-5(7)9;/h2-3H,1H3,(H,6,8,9);. The monoisotopic (exact) mass is 321 g/mol. The summed E-state index contributed by atoms with van der Waals surface area (Å²) in [6.07, 6.45) is 1.42. The third-order valence-corrected chi connectivity index (χ3v) is 1.000. The zero-order chi connectivity index (χ0) is 6.85. The molecule has 10 heavy (non-hydrogen) atoms. The Morgan fingerprint density at radius 3 is 2.50 bits per heavy atom. The second kappa shape index (κ2) is 3.52. The number of aromatic nitrogens is 2. The van der Waals surface area contributed by atoms with Crippen molar-refractivity contribution in [3.8, 4) is 0 Å². The molecule has 0 amide bonds. The molecule has 5 heteroatoms. The molecule has 0 aliphatic carbocycles.